The molecule has 2 heteroatoms. The van der Waals surface area contributed by atoms with Gasteiger partial charge in [-0.1, -0.05) is 38.5 Å². The van der Waals surface area contributed by atoms with Crippen molar-refractivity contribution in [2.24, 2.45) is 0 Å². The largest absolute Gasteiger partial charge is 0.316 e. The lowest BCUT2D eigenvalue weighted by molar-refractivity contribution is -0.998. The Morgan fingerprint density at radius 1 is 0.227 bits per heavy atom. The van der Waals surface area contributed by atoms with Crippen LogP contribution in [0.1, 0.15) is 218 Å². The van der Waals surface area contributed by atoms with E-state index in [0.29, 0.717) is 0 Å². The zero-order chi connectivity index (χ0) is 29.9. The third-order valence-electron chi connectivity index (χ3n) is 15.4. The van der Waals surface area contributed by atoms with Gasteiger partial charge in [0.15, 0.2) is 0 Å². The quantitative estimate of drug-likeness (QED) is 0.144. The summed E-state index contributed by atoms with van der Waals surface area (Å²) < 4.78 is 3.26. The maximum atomic E-state index is 1.63. The minimum Gasteiger partial charge on any atom is -0.316 e. The third kappa shape index (κ3) is 7.79. The summed E-state index contributed by atoms with van der Waals surface area (Å²) >= 11 is 0. The molecule has 0 bridgehead atoms. The lowest BCUT2D eigenvalue weighted by Gasteiger charge is -2.58. The molecule has 0 saturated heterocycles. The van der Waals surface area contributed by atoms with Gasteiger partial charge in [0, 0.05) is 0 Å². The second-order valence-corrected chi connectivity index (χ2v) is 17.6. The van der Waals surface area contributed by atoms with Gasteiger partial charge in [0.1, 0.15) is 0 Å². The second kappa shape index (κ2) is 17.4. The van der Waals surface area contributed by atoms with Gasteiger partial charge >= 0.3 is 0 Å². The molecule has 0 radical (unpaired) electrons. The van der Waals surface area contributed by atoms with E-state index in [4.69, 9.17) is 0 Å². The highest BCUT2D eigenvalue weighted by atomic mass is 15.4. The van der Waals surface area contributed by atoms with Gasteiger partial charge in [-0.3, -0.25) is 0 Å². The molecule has 0 N–H and O–H groups in total. The molecular weight excluding hydrogens is 532 g/mol. The van der Waals surface area contributed by atoms with Crippen LogP contribution in [-0.4, -0.2) is 58.3 Å². The Labute approximate surface area is 276 Å². The molecule has 6 aliphatic carbocycles. The summed E-state index contributed by atoms with van der Waals surface area (Å²) in [5.41, 5.74) is 0. The van der Waals surface area contributed by atoms with Crippen LogP contribution < -0.4 is 0 Å². The van der Waals surface area contributed by atoms with Crippen molar-refractivity contribution in [1.29, 1.82) is 0 Å². The molecular formula is C42H78N2+2. The van der Waals surface area contributed by atoms with Gasteiger partial charge in [0.2, 0.25) is 0 Å². The Kier molecular flexibility index (Phi) is 13.3. The van der Waals surface area contributed by atoms with E-state index in [1.54, 1.807) is 112 Å². The topological polar surface area (TPSA) is 0 Å². The first-order chi connectivity index (χ1) is 21.8. The number of rotatable bonds is 13. The summed E-state index contributed by atoms with van der Waals surface area (Å²) in [7, 11) is 0. The molecule has 44 heavy (non-hydrogen) atoms. The highest BCUT2D eigenvalue weighted by Crippen LogP contribution is 2.45. The van der Waals surface area contributed by atoms with Gasteiger partial charge in [0.05, 0.1) is 49.3 Å². The zero-order valence-electron chi connectivity index (χ0n) is 29.8. The average Bonchev–Trinajstić information content (AvgIpc) is 3.12. The van der Waals surface area contributed by atoms with Crippen molar-refractivity contribution in [3.63, 3.8) is 0 Å². The smallest absolute Gasteiger partial charge is 0.0894 e. The van der Waals surface area contributed by atoms with Crippen LogP contribution in [0.5, 0.6) is 0 Å². The molecule has 0 aromatic rings. The van der Waals surface area contributed by atoms with Crippen LogP contribution in [0.15, 0.2) is 0 Å². The Morgan fingerprint density at radius 2 is 0.409 bits per heavy atom. The van der Waals surface area contributed by atoms with E-state index in [9.17, 15) is 0 Å². The fourth-order valence-electron chi connectivity index (χ4n) is 13.4. The van der Waals surface area contributed by atoms with Crippen molar-refractivity contribution >= 4 is 0 Å². The van der Waals surface area contributed by atoms with Crippen molar-refractivity contribution in [3.8, 4) is 0 Å². The molecule has 0 amide bonds. The van der Waals surface area contributed by atoms with Crippen LogP contribution in [0.2, 0.25) is 0 Å². The summed E-state index contributed by atoms with van der Waals surface area (Å²) in [5.74, 6) is 0. The van der Waals surface area contributed by atoms with E-state index in [-0.39, 0.29) is 0 Å². The first-order valence-electron chi connectivity index (χ1n) is 21.6. The Morgan fingerprint density at radius 3 is 0.591 bits per heavy atom. The summed E-state index contributed by atoms with van der Waals surface area (Å²) in [4.78, 5) is 0. The van der Waals surface area contributed by atoms with Crippen molar-refractivity contribution in [3.05, 3.63) is 0 Å². The maximum absolute atomic E-state index is 1.63. The highest BCUT2D eigenvalue weighted by Gasteiger charge is 2.51. The molecule has 2 nitrogen and oxygen atoms in total. The summed E-state index contributed by atoms with van der Waals surface area (Å²) in [6.07, 6.45) is 52.5. The van der Waals surface area contributed by atoms with Crippen LogP contribution in [0.4, 0.5) is 0 Å². The molecule has 0 aromatic heterocycles. The van der Waals surface area contributed by atoms with Crippen molar-refractivity contribution in [2.75, 3.05) is 13.1 Å². The molecule has 0 aromatic carbocycles. The number of nitrogens with zero attached hydrogens (tertiary/aromatic N) is 2. The van der Waals surface area contributed by atoms with E-state index in [2.05, 4.69) is 0 Å². The van der Waals surface area contributed by atoms with Gasteiger partial charge in [-0.2, -0.15) is 0 Å². The molecule has 6 fully saturated rings. The summed E-state index contributed by atoms with van der Waals surface area (Å²) in [6.45, 7) is 3.13. The van der Waals surface area contributed by atoms with Crippen LogP contribution in [-0.2, 0) is 0 Å². The van der Waals surface area contributed by atoms with Crippen LogP contribution in [0.3, 0.4) is 0 Å². The van der Waals surface area contributed by atoms with Gasteiger partial charge in [-0.15, -0.1) is 0 Å². The van der Waals surface area contributed by atoms with Crippen LogP contribution in [0, 0.1) is 0 Å². The predicted octanol–water partition coefficient (Wildman–Crippen LogP) is 12.2. The number of quaternary nitrogens is 2. The molecule has 0 aliphatic heterocycles. The van der Waals surface area contributed by atoms with Crippen molar-refractivity contribution in [1.82, 2.24) is 0 Å². The predicted molar refractivity (Wildman–Crippen MR) is 190 cm³/mol. The SMILES string of the molecule is C1CCC([N+](CCCCCC[N+](C2CCCCC2)(C2CCCCC2)C2CCCCC2)(C2CCCCC2)C2CCCCC2)CC1. The molecule has 254 valence electrons. The molecule has 6 aliphatic rings. The van der Waals surface area contributed by atoms with Crippen molar-refractivity contribution in [2.45, 2.75) is 255 Å². The molecule has 0 spiro atoms. The Hall–Kier alpha value is -0.0800. The normalized spacial score (nSPS) is 27.5. The Balaban J connectivity index is 1.13. The lowest BCUT2D eigenvalue weighted by Crippen LogP contribution is -2.68. The average molecular weight is 611 g/mol. The molecule has 0 unspecified atom stereocenters. The van der Waals surface area contributed by atoms with Crippen LogP contribution in [0.25, 0.3) is 0 Å². The third-order valence-corrected chi connectivity index (χ3v) is 15.4. The minimum absolute atomic E-state index is 1.02. The van der Waals surface area contributed by atoms with Crippen molar-refractivity contribution < 1.29 is 8.97 Å². The number of unbranched alkanes of at least 4 members (excludes halogenated alkanes) is 3. The Bertz CT molecular complexity index is 612. The minimum atomic E-state index is 1.02. The van der Waals surface area contributed by atoms with Gasteiger partial charge in [0.25, 0.3) is 0 Å². The molecule has 0 heterocycles. The number of hydrogen-bond acceptors (Lipinski definition) is 0. The van der Waals surface area contributed by atoms with E-state index < -0.39 is 0 Å². The monoisotopic (exact) mass is 611 g/mol. The highest BCUT2D eigenvalue weighted by molar-refractivity contribution is 4.82. The zero-order valence-corrected chi connectivity index (χ0v) is 29.8. The lowest BCUT2D eigenvalue weighted by atomic mass is 9.79. The fraction of sp³-hybridized carbons (Fsp3) is 1.00. The first kappa shape index (κ1) is 33.8. The standard InChI is InChI=1S/C42H78N2/c1(21-35-43(37-23-9-3-10-24-37,38-25-11-4-12-26-38)39-27-13-5-14-28-39)2-22-36-44(40-29-15-6-16-30-40,41-31-17-7-18-32-41)42-33-19-8-20-34-42/h37-42H,1-36H2/q+2. The van der Waals surface area contributed by atoms with Gasteiger partial charge in [-0.05, 0) is 180 Å². The second-order valence-electron chi connectivity index (χ2n) is 17.6. The molecule has 6 saturated carbocycles. The van der Waals surface area contributed by atoms with Crippen LogP contribution >= 0.6 is 0 Å². The van der Waals surface area contributed by atoms with E-state index in [1.165, 1.54) is 128 Å². The van der Waals surface area contributed by atoms with E-state index in [0.717, 1.165) is 36.3 Å². The molecule has 0 atom stereocenters. The molecule has 6 rings (SSSR count). The summed E-state index contributed by atoms with van der Waals surface area (Å²) in [5, 5.41) is 0. The van der Waals surface area contributed by atoms with E-state index in [1.807, 2.05) is 0 Å². The first-order valence-corrected chi connectivity index (χ1v) is 21.6. The maximum Gasteiger partial charge on any atom is 0.0894 e. The van der Waals surface area contributed by atoms with E-state index >= 15 is 0 Å². The van der Waals surface area contributed by atoms with Gasteiger partial charge < -0.3 is 8.97 Å². The summed E-state index contributed by atoms with van der Waals surface area (Å²) in [6, 6.07) is 6.10. The van der Waals surface area contributed by atoms with Gasteiger partial charge in [-0.25, -0.2) is 0 Å². The fourth-order valence-corrected chi connectivity index (χ4v) is 13.4. The number of hydrogen-bond donors (Lipinski definition) is 0.